The molecule has 9 heteroatoms. The van der Waals surface area contributed by atoms with Crippen molar-refractivity contribution in [1.29, 1.82) is 0 Å². The highest BCUT2D eigenvalue weighted by molar-refractivity contribution is 7.90. The van der Waals surface area contributed by atoms with Crippen molar-refractivity contribution in [3.8, 4) is 0 Å². The summed E-state index contributed by atoms with van der Waals surface area (Å²) in [7, 11) is -3.88. The second kappa shape index (κ2) is 9.61. The first-order valence-electron chi connectivity index (χ1n) is 8.04. The molecule has 1 aromatic carbocycles. The zero-order chi connectivity index (χ0) is 18.4. The third-order valence-corrected chi connectivity index (χ3v) is 5.13. The lowest BCUT2D eigenvalue weighted by Gasteiger charge is -2.12. The summed E-state index contributed by atoms with van der Waals surface area (Å²) in [5, 5.41) is 10.6. The number of nitro groups is 1. The molecule has 7 nitrogen and oxygen atoms in total. The summed E-state index contributed by atoms with van der Waals surface area (Å²) in [6, 6.07) is 4.69. The average Bonchev–Trinajstić information content (AvgIpc) is 3.08. The van der Waals surface area contributed by atoms with Crippen molar-refractivity contribution >= 4 is 21.9 Å². The van der Waals surface area contributed by atoms with E-state index in [4.69, 9.17) is 0 Å². The molecule has 0 amide bonds. The maximum atomic E-state index is 12.2. The van der Waals surface area contributed by atoms with Crippen LogP contribution in [0.15, 0.2) is 57.0 Å². The second-order valence-corrected chi connectivity index (χ2v) is 7.77. The normalized spacial score (nSPS) is 15.7. The molecule has 1 fully saturated rings. The molecule has 1 aromatic rings. The Morgan fingerprint density at radius 2 is 1.77 bits per heavy atom. The number of halogens is 1. The summed E-state index contributed by atoms with van der Waals surface area (Å²) >= 11 is 0. The van der Waals surface area contributed by atoms with E-state index in [9.17, 15) is 18.5 Å². The molecule has 0 saturated carbocycles. The zero-order valence-corrected chi connectivity index (χ0v) is 16.3. The number of hydrogen-bond donors (Lipinski definition) is 1. The van der Waals surface area contributed by atoms with Gasteiger partial charge in [-0.3, -0.25) is 10.1 Å². The number of likely N-dealkylation sites (tertiary alicyclic amines) is 1. The molecule has 1 heterocycles. The van der Waals surface area contributed by atoms with E-state index >= 15 is 0 Å². The van der Waals surface area contributed by atoms with E-state index in [1.165, 1.54) is 23.2 Å². The average molecular weight is 400 g/mol. The monoisotopic (exact) mass is 399 g/mol. The molecular formula is C17H22ClN3O4S. The van der Waals surface area contributed by atoms with E-state index in [-0.39, 0.29) is 23.0 Å². The van der Waals surface area contributed by atoms with Gasteiger partial charge in [0.05, 0.1) is 22.9 Å². The number of hydrogen-bond acceptors (Lipinski definition) is 4. The molecule has 0 bridgehead atoms. The van der Waals surface area contributed by atoms with E-state index in [1.807, 2.05) is 19.9 Å². The van der Waals surface area contributed by atoms with Crippen molar-refractivity contribution in [2.24, 2.45) is 4.40 Å². The van der Waals surface area contributed by atoms with Crippen LogP contribution in [-0.4, -0.2) is 32.6 Å². The van der Waals surface area contributed by atoms with Crippen molar-refractivity contribution in [3.63, 3.8) is 0 Å². The van der Waals surface area contributed by atoms with Crippen molar-refractivity contribution < 1.29 is 30.6 Å². The van der Waals surface area contributed by atoms with E-state index in [0.29, 0.717) is 0 Å². The van der Waals surface area contributed by atoms with E-state index < -0.39 is 14.9 Å². The molecule has 1 saturated heterocycles. The first-order valence-corrected chi connectivity index (χ1v) is 9.48. The third kappa shape index (κ3) is 6.05. The summed E-state index contributed by atoms with van der Waals surface area (Å²) < 4.78 is 28.1. The highest BCUT2D eigenvalue weighted by Gasteiger charge is 2.19. The maximum Gasteiger partial charge on any atom is 0.282 e. The molecule has 0 radical (unpaired) electrons. The van der Waals surface area contributed by atoms with Crippen LogP contribution in [0.2, 0.25) is 0 Å². The van der Waals surface area contributed by atoms with Crippen LogP contribution >= 0.6 is 0 Å². The van der Waals surface area contributed by atoms with Gasteiger partial charge >= 0.3 is 0 Å². The topological polar surface area (TPSA) is 94.1 Å². The first kappa shape index (κ1) is 22.0. The summed E-state index contributed by atoms with van der Waals surface area (Å²) in [5.74, 6) is 0. The Balaban J connectivity index is 0.00000338. The Kier molecular flexibility index (Phi) is 8.13. The molecule has 0 unspecified atom stereocenters. The lowest BCUT2D eigenvalue weighted by atomic mass is 10.2. The number of allylic oxidation sites excluding steroid dienone is 3. The van der Waals surface area contributed by atoms with Crippen LogP contribution in [0.4, 0.5) is 5.69 Å². The number of quaternary nitrogens is 1. The van der Waals surface area contributed by atoms with Gasteiger partial charge in [-0.05, 0) is 32.1 Å². The fourth-order valence-corrected chi connectivity index (χ4v) is 3.48. The molecule has 26 heavy (non-hydrogen) atoms. The van der Waals surface area contributed by atoms with Gasteiger partial charge < -0.3 is 17.3 Å². The Labute approximate surface area is 159 Å². The molecule has 1 aliphatic heterocycles. The number of nitro benzene ring substituents is 1. The van der Waals surface area contributed by atoms with Crippen LogP contribution in [0.3, 0.4) is 0 Å². The number of sulfonamides is 1. The van der Waals surface area contributed by atoms with Crippen LogP contribution in [0.25, 0.3) is 0 Å². The van der Waals surface area contributed by atoms with Crippen molar-refractivity contribution in [3.05, 3.63) is 57.8 Å². The Bertz CT molecular complexity index is 820. The van der Waals surface area contributed by atoms with Gasteiger partial charge in [0.1, 0.15) is 5.70 Å². The predicted octanol–water partition coefficient (Wildman–Crippen LogP) is -1.11. The molecule has 0 aliphatic carbocycles. The smallest absolute Gasteiger partial charge is 0.282 e. The van der Waals surface area contributed by atoms with Crippen LogP contribution in [-0.2, 0) is 10.0 Å². The number of nitrogens with one attached hydrogen (secondary N) is 1. The minimum absolute atomic E-state index is 0. The van der Waals surface area contributed by atoms with Gasteiger partial charge in [0, 0.05) is 37.3 Å². The maximum absolute atomic E-state index is 12.2. The van der Waals surface area contributed by atoms with Crippen molar-refractivity contribution in [1.82, 2.24) is 0 Å². The first-order chi connectivity index (χ1) is 11.8. The second-order valence-electron chi connectivity index (χ2n) is 6.13. The largest absolute Gasteiger partial charge is 1.00 e. The van der Waals surface area contributed by atoms with Gasteiger partial charge in [0.15, 0.2) is 0 Å². The highest BCUT2D eigenvalue weighted by atomic mass is 35.5. The highest BCUT2D eigenvalue weighted by Crippen LogP contribution is 2.17. The quantitative estimate of drug-likeness (QED) is 0.284. The molecule has 2 rings (SSSR count). The Morgan fingerprint density at radius 3 is 2.27 bits per heavy atom. The van der Waals surface area contributed by atoms with Crippen molar-refractivity contribution in [2.75, 3.05) is 13.1 Å². The van der Waals surface area contributed by atoms with Gasteiger partial charge in [-0.15, -0.1) is 0 Å². The summed E-state index contributed by atoms with van der Waals surface area (Å²) in [6.45, 7) is 6.04. The van der Waals surface area contributed by atoms with Gasteiger partial charge in [-0.1, -0.05) is 5.57 Å². The summed E-state index contributed by atoms with van der Waals surface area (Å²) in [4.78, 5) is 11.3. The molecule has 142 valence electrons. The lowest BCUT2D eigenvalue weighted by Crippen LogP contribution is -3.07. The van der Waals surface area contributed by atoms with Gasteiger partial charge in [-0.25, -0.2) is 0 Å². The lowest BCUT2D eigenvalue weighted by molar-refractivity contribution is -0.843. The fourth-order valence-electron chi connectivity index (χ4n) is 2.66. The Hall–Kier alpha value is -2.03. The fraction of sp³-hybridized carbons (Fsp3) is 0.353. The molecule has 1 aliphatic rings. The van der Waals surface area contributed by atoms with E-state index in [2.05, 4.69) is 4.40 Å². The Morgan fingerprint density at radius 1 is 1.19 bits per heavy atom. The van der Waals surface area contributed by atoms with E-state index in [0.717, 1.165) is 49.3 Å². The minimum Gasteiger partial charge on any atom is -1.00 e. The number of non-ortho nitro benzene ring substituents is 1. The van der Waals surface area contributed by atoms with Gasteiger partial charge in [0.25, 0.3) is 15.7 Å². The van der Waals surface area contributed by atoms with Crippen LogP contribution in [0, 0.1) is 10.1 Å². The van der Waals surface area contributed by atoms with Crippen LogP contribution in [0.5, 0.6) is 0 Å². The molecule has 0 atom stereocenters. The minimum atomic E-state index is -3.88. The number of rotatable bonds is 6. The van der Waals surface area contributed by atoms with Gasteiger partial charge in [0.2, 0.25) is 0 Å². The summed E-state index contributed by atoms with van der Waals surface area (Å²) in [5.41, 5.74) is 1.99. The van der Waals surface area contributed by atoms with Crippen LogP contribution < -0.4 is 17.3 Å². The molecule has 0 spiro atoms. The van der Waals surface area contributed by atoms with Crippen molar-refractivity contribution in [2.45, 2.75) is 31.6 Å². The zero-order valence-electron chi connectivity index (χ0n) is 14.7. The van der Waals surface area contributed by atoms with Crippen LogP contribution in [0.1, 0.15) is 26.7 Å². The van der Waals surface area contributed by atoms with Gasteiger partial charge in [-0.2, -0.15) is 12.8 Å². The van der Waals surface area contributed by atoms with E-state index in [1.54, 1.807) is 6.08 Å². The standard InChI is InChI=1S/C17H21N3O4S.ClH/c1-14(2)13-16(19-11-3-4-12-19)9-10-18-25(23,24)17-7-5-15(6-8-17)20(21)22;/h5-10,13H,3-4,11-12H2,1-2H3;1H/b16-9+,18-10?;. The molecular weight excluding hydrogens is 378 g/mol. The SMILES string of the molecule is CC(C)=C/C(=C\C=NS(=O)(=O)c1ccc([N+](=O)[O-])cc1)[NH+]1CCCC1.[Cl-]. The third-order valence-electron chi connectivity index (χ3n) is 3.86. The number of nitrogens with zero attached hydrogens (tertiary/aromatic N) is 2. The number of benzene rings is 1. The molecule has 1 N–H and O–H groups in total. The predicted molar refractivity (Wildman–Crippen MR) is 96.2 cm³/mol. The summed E-state index contributed by atoms with van der Waals surface area (Å²) in [6.07, 6.45) is 7.35. The molecule has 0 aromatic heterocycles.